The summed E-state index contributed by atoms with van der Waals surface area (Å²) < 4.78 is 13.5. The molecule has 0 saturated heterocycles. The number of carboxylic acid groups (broad SMARTS) is 1. The molecule has 2 fully saturated rings. The molecule has 9 nitrogen and oxygen atoms in total. The van der Waals surface area contributed by atoms with E-state index in [9.17, 15) is 15.1 Å². The number of nitrogens with zero attached hydrogens (tertiary/aromatic N) is 3. The van der Waals surface area contributed by atoms with Crippen LogP contribution in [-0.2, 0) is 24.4 Å². The van der Waals surface area contributed by atoms with Gasteiger partial charge in [0.1, 0.15) is 11.5 Å². The van der Waals surface area contributed by atoms with Gasteiger partial charge in [-0.05, 0) is 85.4 Å². The van der Waals surface area contributed by atoms with Crippen LogP contribution < -0.4 is 15.0 Å². The minimum atomic E-state index is -0.674. The van der Waals surface area contributed by atoms with Crippen molar-refractivity contribution in [2.24, 2.45) is 11.8 Å². The molecule has 1 heterocycles. The summed E-state index contributed by atoms with van der Waals surface area (Å²) >= 11 is 14.2. The first-order valence-electron chi connectivity index (χ1n) is 17.9. The first kappa shape index (κ1) is 36.2. The smallest absolute Gasteiger partial charge is 0.306 e. The lowest BCUT2D eigenvalue weighted by molar-refractivity contribution is -0.143. The highest BCUT2D eigenvalue weighted by atomic mass is 35.5. The summed E-state index contributed by atoms with van der Waals surface area (Å²) in [6, 6.07) is 22.4. The molecule has 2 saturated carbocycles. The number of aromatic nitrogens is 2. The second kappa shape index (κ2) is 15.9. The molecule has 5 aromatic rings. The number of rotatable bonds is 14. The summed E-state index contributed by atoms with van der Waals surface area (Å²) in [6.45, 7) is 2.45. The van der Waals surface area contributed by atoms with Crippen LogP contribution in [0.25, 0.3) is 33.2 Å². The predicted molar refractivity (Wildman–Crippen MR) is 204 cm³/mol. The zero-order valence-electron chi connectivity index (χ0n) is 29.4. The first-order chi connectivity index (χ1) is 25.3. The second-order valence-electron chi connectivity index (χ2n) is 14.0. The van der Waals surface area contributed by atoms with E-state index in [4.69, 9.17) is 37.8 Å². The van der Waals surface area contributed by atoms with Gasteiger partial charge >= 0.3 is 5.97 Å². The van der Waals surface area contributed by atoms with E-state index in [-0.39, 0.29) is 12.5 Å². The van der Waals surface area contributed by atoms with Crippen LogP contribution >= 0.6 is 23.2 Å². The lowest BCUT2D eigenvalue weighted by atomic mass is 9.85. The fraction of sp³-hybridized carbons (Fsp3) is 0.366. The quantitative estimate of drug-likeness (QED) is 0.0968. The number of hydroxylamine groups is 1. The van der Waals surface area contributed by atoms with E-state index in [1.807, 2.05) is 65.5 Å². The van der Waals surface area contributed by atoms with E-state index in [1.54, 1.807) is 14.2 Å². The largest absolute Gasteiger partial charge is 0.496 e. The van der Waals surface area contributed by atoms with Gasteiger partial charge in [-0.25, -0.2) is 5.48 Å². The summed E-state index contributed by atoms with van der Waals surface area (Å²) in [5.41, 5.74) is 9.55. The Morgan fingerprint density at radius 2 is 1.60 bits per heavy atom. The van der Waals surface area contributed by atoms with Crippen molar-refractivity contribution >= 4 is 40.1 Å². The summed E-state index contributed by atoms with van der Waals surface area (Å²) in [5, 5.41) is 25.8. The molecule has 52 heavy (non-hydrogen) atoms. The molecule has 2 aliphatic rings. The number of ether oxygens (including phenoxy) is 2. The Labute approximate surface area is 314 Å². The molecule has 0 atom stereocenters. The zero-order chi connectivity index (χ0) is 36.4. The van der Waals surface area contributed by atoms with Crippen molar-refractivity contribution in [2.75, 3.05) is 20.8 Å². The zero-order valence-corrected chi connectivity index (χ0v) is 31.0. The van der Waals surface area contributed by atoms with E-state index >= 15 is 0 Å². The molecule has 0 aliphatic heterocycles. The molecule has 0 bridgehead atoms. The molecular formula is C41H44Cl2N4O5. The van der Waals surface area contributed by atoms with Crippen LogP contribution in [-0.4, -0.2) is 57.8 Å². The second-order valence-corrected chi connectivity index (χ2v) is 14.8. The minimum absolute atomic E-state index is 0.233. The Balaban J connectivity index is 1.14. The summed E-state index contributed by atoms with van der Waals surface area (Å²) in [7, 11) is 3.31. The highest BCUT2D eigenvalue weighted by Crippen LogP contribution is 2.41. The fourth-order valence-corrected chi connectivity index (χ4v) is 8.27. The van der Waals surface area contributed by atoms with Gasteiger partial charge in [0.2, 0.25) is 0 Å². The van der Waals surface area contributed by atoms with E-state index in [1.165, 1.54) is 12.8 Å². The lowest BCUT2D eigenvalue weighted by Crippen LogP contribution is -2.40. The van der Waals surface area contributed by atoms with Crippen molar-refractivity contribution in [3.63, 3.8) is 0 Å². The molecule has 4 aromatic carbocycles. The highest BCUT2D eigenvalue weighted by molar-refractivity contribution is 6.36. The van der Waals surface area contributed by atoms with E-state index in [2.05, 4.69) is 22.5 Å². The molecule has 0 amide bonds. The molecule has 11 heteroatoms. The first-order valence-corrected chi connectivity index (χ1v) is 18.6. The van der Waals surface area contributed by atoms with Crippen LogP contribution in [0, 0.1) is 11.8 Å². The Kier molecular flexibility index (Phi) is 11.1. The summed E-state index contributed by atoms with van der Waals surface area (Å²) in [5.74, 6) is 1.24. The number of hydrogen-bond acceptors (Lipinski definition) is 7. The number of carboxylic acids is 1. The van der Waals surface area contributed by atoms with Gasteiger partial charge in [0.15, 0.2) is 0 Å². The Morgan fingerprint density at radius 1 is 0.885 bits per heavy atom. The number of fused-ring (bicyclic) bond motifs is 1. The van der Waals surface area contributed by atoms with Crippen molar-refractivity contribution in [3.8, 4) is 33.8 Å². The number of benzene rings is 4. The van der Waals surface area contributed by atoms with Crippen LogP contribution in [0.2, 0.25) is 10.0 Å². The van der Waals surface area contributed by atoms with E-state index < -0.39 is 5.97 Å². The molecule has 3 N–H and O–H groups in total. The number of carbonyl (C=O) groups is 1. The van der Waals surface area contributed by atoms with E-state index in [0.29, 0.717) is 40.8 Å². The van der Waals surface area contributed by atoms with Crippen LogP contribution in [0.3, 0.4) is 0 Å². The van der Waals surface area contributed by atoms with Gasteiger partial charge in [-0.1, -0.05) is 65.7 Å². The van der Waals surface area contributed by atoms with Gasteiger partial charge in [-0.3, -0.25) is 14.4 Å². The molecule has 1 aromatic heterocycles. The number of hydrogen-bond donors (Lipinski definition) is 3. The summed E-state index contributed by atoms with van der Waals surface area (Å²) in [6.07, 6.45) is 7.62. The standard InChI is InChI=1S/C41H44Cl2N4O5/c1-51-38-18-27(11-12-28(38)20-45-50)32-5-3-7-34(40(32)43)33-6-4-8-37-35(33)21-44-47(37)24-29-19-39(52-2)30(17-36(29)42)23-46(22-25-9-10-25)31-15-13-26(14-16-31)41(48)49/h3-8,11-12,17-19,21,25-26,31,45,50H,9-10,13-16,20,22-24H2,1-2H3,(H,48,49). The normalized spacial score (nSPS) is 17.5. The van der Waals surface area contributed by atoms with Crippen molar-refractivity contribution < 1.29 is 24.6 Å². The average molecular weight is 744 g/mol. The fourth-order valence-electron chi connectivity index (χ4n) is 7.68. The van der Waals surface area contributed by atoms with Gasteiger partial charge in [0, 0.05) is 58.3 Å². The lowest BCUT2D eigenvalue weighted by Gasteiger charge is -2.36. The van der Waals surface area contributed by atoms with Gasteiger partial charge in [0.05, 0.1) is 43.4 Å². The predicted octanol–water partition coefficient (Wildman–Crippen LogP) is 9.08. The van der Waals surface area contributed by atoms with Gasteiger partial charge in [-0.2, -0.15) is 5.10 Å². The molecule has 0 unspecified atom stereocenters. The molecule has 2 aliphatic carbocycles. The third-order valence-electron chi connectivity index (χ3n) is 10.7. The Hall–Kier alpha value is -4.12. The van der Waals surface area contributed by atoms with Gasteiger partial charge in [-0.15, -0.1) is 0 Å². The topological polar surface area (TPSA) is 109 Å². The summed E-state index contributed by atoms with van der Waals surface area (Å²) in [4.78, 5) is 14.1. The number of halogens is 2. The monoisotopic (exact) mass is 742 g/mol. The van der Waals surface area contributed by atoms with Crippen LogP contribution in [0.5, 0.6) is 11.5 Å². The van der Waals surface area contributed by atoms with Crippen LogP contribution in [0.15, 0.2) is 72.9 Å². The maximum atomic E-state index is 11.6. The van der Waals surface area contributed by atoms with Crippen LogP contribution in [0.1, 0.15) is 55.2 Å². The number of methoxy groups -OCH3 is 2. The average Bonchev–Trinajstić information content (AvgIpc) is 3.89. The van der Waals surface area contributed by atoms with Gasteiger partial charge in [0.25, 0.3) is 0 Å². The van der Waals surface area contributed by atoms with Crippen LogP contribution in [0.4, 0.5) is 0 Å². The molecule has 0 spiro atoms. The SMILES string of the molecule is COc1cc(-c2cccc(-c3cccc4c3cnn4Cc3cc(OC)c(CN(CC4CC4)C4CCC(C(=O)O)CC4)cc3Cl)c2Cl)ccc1CNO. The highest BCUT2D eigenvalue weighted by Gasteiger charge is 2.33. The van der Waals surface area contributed by atoms with E-state index in [0.717, 1.165) is 87.8 Å². The molecule has 0 radical (unpaired) electrons. The number of nitrogens with one attached hydrogen (secondary N) is 1. The third kappa shape index (κ3) is 7.65. The maximum Gasteiger partial charge on any atom is 0.306 e. The van der Waals surface area contributed by atoms with Crippen molar-refractivity contribution in [2.45, 2.75) is 64.2 Å². The molecular weight excluding hydrogens is 699 g/mol. The minimum Gasteiger partial charge on any atom is -0.496 e. The maximum absolute atomic E-state index is 11.6. The van der Waals surface area contributed by atoms with Crippen molar-refractivity contribution in [3.05, 3.63) is 99.7 Å². The third-order valence-corrected chi connectivity index (χ3v) is 11.5. The Bertz CT molecular complexity index is 2070. The Morgan fingerprint density at radius 3 is 2.31 bits per heavy atom. The van der Waals surface area contributed by atoms with Gasteiger partial charge < -0.3 is 19.8 Å². The number of aliphatic carboxylic acids is 1. The van der Waals surface area contributed by atoms with Crippen molar-refractivity contribution in [1.29, 1.82) is 0 Å². The molecule has 7 rings (SSSR count). The molecule has 272 valence electrons. The van der Waals surface area contributed by atoms with Crippen molar-refractivity contribution in [1.82, 2.24) is 20.2 Å².